The zero-order valence-corrected chi connectivity index (χ0v) is 22.5. The van der Waals surface area contributed by atoms with Crippen LogP contribution in [0.4, 0.5) is 17.6 Å². The zero-order valence-electron chi connectivity index (χ0n) is 21.8. The van der Waals surface area contributed by atoms with Gasteiger partial charge in [-0.1, -0.05) is 18.5 Å². The fourth-order valence-electron chi connectivity index (χ4n) is 5.95. The molecule has 1 saturated carbocycles. The van der Waals surface area contributed by atoms with Gasteiger partial charge in [0.15, 0.2) is 0 Å². The first kappa shape index (κ1) is 29.5. The van der Waals surface area contributed by atoms with E-state index in [0.29, 0.717) is 18.7 Å². The number of amides is 1. The Hall–Kier alpha value is -2.44. The summed E-state index contributed by atoms with van der Waals surface area (Å²) in [5, 5.41) is 14.8. The number of amidine groups is 1. The van der Waals surface area contributed by atoms with Crippen molar-refractivity contribution in [3.63, 3.8) is 0 Å². The molecule has 0 aromatic heterocycles. The van der Waals surface area contributed by atoms with Crippen LogP contribution in [-0.2, 0) is 4.74 Å². The third kappa shape index (κ3) is 6.49. The first-order valence-electron chi connectivity index (χ1n) is 13.3. The fourth-order valence-corrected chi connectivity index (χ4v) is 6.07. The number of guanidine groups is 1. The second-order valence-corrected chi connectivity index (χ2v) is 10.7. The molecular weight excluding hydrogens is 542 g/mol. The summed E-state index contributed by atoms with van der Waals surface area (Å²) in [6, 6.07) is 3.33. The Morgan fingerprint density at radius 1 is 1.31 bits per heavy atom. The molecule has 1 spiro atoms. The van der Waals surface area contributed by atoms with E-state index in [0.717, 1.165) is 25.3 Å². The number of halogens is 5. The van der Waals surface area contributed by atoms with Gasteiger partial charge in [-0.25, -0.2) is 14.7 Å². The van der Waals surface area contributed by atoms with Crippen LogP contribution in [-0.4, -0.2) is 72.1 Å². The van der Waals surface area contributed by atoms with E-state index in [1.807, 2.05) is 11.6 Å². The molecule has 216 valence electrons. The lowest BCUT2D eigenvalue weighted by Crippen LogP contribution is -2.55. The van der Waals surface area contributed by atoms with Gasteiger partial charge in [0.1, 0.15) is 11.9 Å². The third-order valence-electron chi connectivity index (χ3n) is 7.98. The molecule has 1 amide bonds. The summed E-state index contributed by atoms with van der Waals surface area (Å²) in [4.78, 5) is 17.5. The van der Waals surface area contributed by atoms with E-state index in [9.17, 15) is 22.4 Å². The number of rotatable bonds is 7. The zero-order chi connectivity index (χ0) is 28.2. The minimum absolute atomic E-state index is 0.0232. The molecule has 2 bridgehead atoms. The third-order valence-corrected chi connectivity index (χ3v) is 8.29. The maximum Gasteiger partial charge on any atom is 0.391 e. The van der Waals surface area contributed by atoms with Crippen molar-refractivity contribution in [2.75, 3.05) is 26.4 Å². The molecule has 0 radical (unpaired) electrons. The van der Waals surface area contributed by atoms with Crippen LogP contribution in [0.15, 0.2) is 23.2 Å². The minimum Gasteiger partial charge on any atom is -0.394 e. The molecule has 4 N–H and O–H groups in total. The van der Waals surface area contributed by atoms with Gasteiger partial charge >= 0.3 is 6.18 Å². The first-order chi connectivity index (χ1) is 18.6. The Morgan fingerprint density at radius 3 is 2.79 bits per heavy atom. The van der Waals surface area contributed by atoms with Gasteiger partial charge in [0.2, 0.25) is 0 Å². The molecule has 2 aliphatic heterocycles. The summed E-state index contributed by atoms with van der Waals surface area (Å²) in [5.74, 6) is -1.96. The van der Waals surface area contributed by atoms with Crippen LogP contribution in [0.2, 0.25) is 5.02 Å². The molecule has 1 aromatic rings. The number of alkyl halides is 3. The molecule has 2 heterocycles. The molecule has 13 heteroatoms. The number of ether oxygens (including phenoxy) is 1. The molecule has 1 aromatic carbocycles. The van der Waals surface area contributed by atoms with Crippen molar-refractivity contribution in [2.24, 2.45) is 16.3 Å². The maximum atomic E-state index is 14.0. The summed E-state index contributed by atoms with van der Waals surface area (Å²) >= 11 is 5.75. The van der Waals surface area contributed by atoms with Crippen LogP contribution in [0, 0.1) is 17.2 Å². The number of hydrogen-bond acceptors (Lipinski definition) is 5. The van der Waals surface area contributed by atoms with Gasteiger partial charge in [0.05, 0.1) is 48.8 Å². The maximum absolute atomic E-state index is 14.0. The van der Waals surface area contributed by atoms with Crippen LogP contribution in [0.1, 0.15) is 62.2 Å². The van der Waals surface area contributed by atoms with Crippen LogP contribution in [0.25, 0.3) is 0 Å². The lowest BCUT2D eigenvalue weighted by molar-refractivity contribution is -0.621. The number of aliphatic hydroxyl groups excluding tert-OH is 1. The Balaban J connectivity index is 1.63. The van der Waals surface area contributed by atoms with E-state index >= 15 is 0 Å². The summed E-state index contributed by atoms with van der Waals surface area (Å²) in [5.41, 5.74) is 2.83. The predicted molar refractivity (Wildman–Crippen MR) is 138 cm³/mol. The second kappa shape index (κ2) is 12.4. The van der Waals surface area contributed by atoms with E-state index in [1.165, 1.54) is 12.1 Å². The topological polar surface area (TPSA) is 98.0 Å². The lowest BCUT2D eigenvalue weighted by atomic mass is 9.64. The molecule has 4 rings (SSSR count). The first-order valence-corrected chi connectivity index (χ1v) is 13.7. The summed E-state index contributed by atoms with van der Waals surface area (Å²) < 4.78 is 62.2. The van der Waals surface area contributed by atoms with Crippen LogP contribution in [0.3, 0.4) is 0 Å². The number of hydrogen-bond donors (Lipinski definition) is 4. The van der Waals surface area contributed by atoms with Crippen LogP contribution < -0.4 is 16.1 Å². The average molecular weight is 577 g/mol. The summed E-state index contributed by atoms with van der Waals surface area (Å²) in [6.45, 7) is 2.34. The van der Waals surface area contributed by atoms with Crippen molar-refractivity contribution < 1.29 is 36.9 Å². The molecule has 0 saturated heterocycles. The van der Waals surface area contributed by atoms with Gasteiger partial charge in [0, 0.05) is 5.56 Å². The monoisotopic (exact) mass is 576 g/mol. The van der Waals surface area contributed by atoms with Crippen molar-refractivity contribution in [1.29, 1.82) is 0 Å². The Morgan fingerprint density at radius 2 is 2.10 bits per heavy atom. The highest BCUT2D eigenvalue weighted by atomic mass is 35.5. The molecule has 3 aliphatic rings. The smallest absolute Gasteiger partial charge is 0.391 e. The largest absolute Gasteiger partial charge is 0.394 e. The average Bonchev–Trinajstić information content (AvgIpc) is 3.11. The number of aliphatic imine (C=N–C) groups is 1. The number of carbonyl (C=O) groups excluding carboxylic acids is 1. The van der Waals surface area contributed by atoms with Crippen molar-refractivity contribution >= 4 is 29.3 Å². The minimum atomic E-state index is -4.26. The molecule has 1 fully saturated rings. The van der Waals surface area contributed by atoms with Gasteiger partial charge in [0.25, 0.3) is 17.7 Å². The molecular formula is C26H35ClF4N5O3+. The van der Waals surface area contributed by atoms with Crippen molar-refractivity contribution in [3.8, 4) is 0 Å². The Labute approximate surface area is 229 Å². The SMILES string of the molecule is CCC1CCCC23CCC(C(F)(F)F)CC2N[N+]1=C3NC(=NCCOCCO)NC(=O)c1ccc(Cl)c(F)c1. The predicted octanol–water partition coefficient (Wildman–Crippen LogP) is 3.77. The molecule has 8 nitrogen and oxygen atoms in total. The second-order valence-electron chi connectivity index (χ2n) is 10.3. The van der Waals surface area contributed by atoms with Crippen molar-refractivity contribution in [2.45, 2.75) is 70.1 Å². The van der Waals surface area contributed by atoms with Gasteiger partial charge in [-0.05, 0) is 63.1 Å². The van der Waals surface area contributed by atoms with Crippen LogP contribution >= 0.6 is 11.6 Å². The highest BCUT2D eigenvalue weighted by molar-refractivity contribution is 6.30. The highest BCUT2D eigenvalue weighted by Crippen LogP contribution is 2.51. The number of hydrazine groups is 1. The molecule has 39 heavy (non-hydrogen) atoms. The number of aliphatic hydroxyl groups is 1. The van der Waals surface area contributed by atoms with E-state index in [1.54, 1.807) is 0 Å². The summed E-state index contributed by atoms with van der Waals surface area (Å²) in [6.07, 6.45) is -0.694. The fraction of sp³-hybridized carbons (Fsp3) is 0.654. The number of nitrogens with zero attached hydrogens (tertiary/aromatic N) is 2. The molecule has 4 unspecified atom stereocenters. The Bertz CT molecular complexity index is 1120. The van der Waals surface area contributed by atoms with E-state index < -0.39 is 35.3 Å². The van der Waals surface area contributed by atoms with Gasteiger partial charge < -0.3 is 9.84 Å². The highest BCUT2D eigenvalue weighted by Gasteiger charge is 2.61. The number of hydrazone groups is 1. The van der Waals surface area contributed by atoms with E-state index in [2.05, 4.69) is 21.1 Å². The quantitative estimate of drug-likeness (QED) is 0.130. The lowest BCUT2D eigenvalue weighted by Gasteiger charge is -2.40. The molecule has 4 atom stereocenters. The summed E-state index contributed by atoms with van der Waals surface area (Å²) in [7, 11) is 0. The number of carbonyl (C=O) groups is 1. The van der Waals surface area contributed by atoms with Crippen LogP contribution in [0.5, 0.6) is 0 Å². The normalized spacial score (nSPS) is 27.1. The Kier molecular flexibility index (Phi) is 9.38. The standard InChI is InChI=1S/C26H34ClF4N5O3/c1-2-18-4-3-8-25-9-7-17(26(29,30)31)15-21(25)35-36(18)23(25)34-24(32-10-12-39-13-11-37)33-22(38)16-5-6-19(27)20(28)14-16/h5-6,14,17-18,21,35,37H,2-4,7-13,15H2,1H3,(H,32,33,38)/p+1. The van der Waals surface area contributed by atoms with E-state index in [-0.39, 0.29) is 61.8 Å². The number of nitrogens with one attached hydrogen (secondary N) is 3. The van der Waals surface area contributed by atoms with Crippen molar-refractivity contribution in [3.05, 3.63) is 34.6 Å². The molecule has 1 aliphatic carbocycles. The van der Waals surface area contributed by atoms with E-state index in [4.69, 9.17) is 21.4 Å². The van der Waals surface area contributed by atoms with Crippen molar-refractivity contribution in [1.82, 2.24) is 16.1 Å². The number of benzene rings is 1. The van der Waals surface area contributed by atoms with Gasteiger partial charge in [-0.2, -0.15) is 17.9 Å². The van der Waals surface area contributed by atoms with Gasteiger partial charge in [-0.3, -0.25) is 15.5 Å². The van der Waals surface area contributed by atoms with Gasteiger partial charge in [-0.15, -0.1) is 0 Å².